The van der Waals surface area contributed by atoms with Crippen LogP contribution in [-0.4, -0.2) is 5.91 Å². The Morgan fingerprint density at radius 2 is 2.00 bits per heavy atom. The first-order valence-corrected chi connectivity index (χ1v) is 8.37. The van der Waals surface area contributed by atoms with Gasteiger partial charge >= 0.3 is 0 Å². The molecule has 1 atom stereocenters. The highest BCUT2D eigenvalue weighted by atomic mass is 35.5. The molecule has 21 heavy (non-hydrogen) atoms. The molecule has 0 unspecified atom stereocenters. The summed E-state index contributed by atoms with van der Waals surface area (Å²) in [6.07, 6.45) is 0.297. The largest absolute Gasteiger partial charge is 0.348 e. The van der Waals surface area contributed by atoms with Crippen LogP contribution < -0.4 is 5.32 Å². The van der Waals surface area contributed by atoms with E-state index >= 15 is 0 Å². The molecule has 2 rings (SSSR count). The van der Waals surface area contributed by atoms with Crippen LogP contribution in [0.4, 0.5) is 0 Å². The van der Waals surface area contributed by atoms with E-state index < -0.39 is 0 Å². The van der Waals surface area contributed by atoms with Gasteiger partial charge < -0.3 is 5.32 Å². The Bertz CT molecular complexity index is 611. The van der Waals surface area contributed by atoms with Crippen molar-refractivity contribution < 1.29 is 4.79 Å². The van der Waals surface area contributed by atoms with Crippen molar-refractivity contribution in [2.24, 2.45) is 5.92 Å². The molecule has 0 saturated heterocycles. The number of nitrogens with one attached hydrogen (secondary N) is 1. The summed E-state index contributed by atoms with van der Waals surface area (Å²) in [5.41, 5.74) is 0.857. The highest BCUT2D eigenvalue weighted by Gasteiger charge is 2.19. The maximum absolute atomic E-state index is 12.2. The van der Waals surface area contributed by atoms with E-state index in [1.165, 1.54) is 4.88 Å². The van der Waals surface area contributed by atoms with Crippen LogP contribution in [0.3, 0.4) is 0 Å². The molecular formula is C16H17Cl2NOS. The Hall–Kier alpha value is -1.03. The highest BCUT2D eigenvalue weighted by molar-refractivity contribution is 7.10. The molecule has 0 aliphatic rings. The SMILES string of the molecule is CC(C)[C@@H](NC(=O)Cc1ccc(Cl)c(Cl)c1)c1cccs1. The van der Waals surface area contributed by atoms with Crippen LogP contribution in [0.1, 0.15) is 30.3 Å². The van der Waals surface area contributed by atoms with E-state index in [0.29, 0.717) is 22.4 Å². The van der Waals surface area contributed by atoms with E-state index in [2.05, 4.69) is 25.2 Å². The van der Waals surface area contributed by atoms with Crippen molar-refractivity contribution in [1.29, 1.82) is 0 Å². The van der Waals surface area contributed by atoms with Crippen LogP contribution in [0.2, 0.25) is 10.0 Å². The Balaban J connectivity index is 2.04. The number of thiophene rings is 1. The zero-order valence-electron chi connectivity index (χ0n) is 11.9. The Labute approximate surface area is 139 Å². The van der Waals surface area contributed by atoms with E-state index in [1.54, 1.807) is 23.5 Å². The summed E-state index contributed by atoms with van der Waals surface area (Å²) < 4.78 is 0. The van der Waals surface area contributed by atoms with Crippen molar-refractivity contribution in [3.63, 3.8) is 0 Å². The number of carbonyl (C=O) groups excluding carboxylic acids is 1. The van der Waals surface area contributed by atoms with Crippen LogP contribution in [0.25, 0.3) is 0 Å². The number of benzene rings is 1. The fourth-order valence-corrected chi connectivity index (χ4v) is 3.36. The lowest BCUT2D eigenvalue weighted by molar-refractivity contribution is -0.121. The molecule has 0 bridgehead atoms. The molecule has 0 aliphatic carbocycles. The summed E-state index contributed by atoms with van der Waals surface area (Å²) in [6.45, 7) is 4.20. The van der Waals surface area contributed by atoms with Gasteiger partial charge in [-0.2, -0.15) is 0 Å². The minimum absolute atomic E-state index is 0.0134. The lowest BCUT2D eigenvalue weighted by Crippen LogP contribution is -2.32. The van der Waals surface area contributed by atoms with E-state index in [1.807, 2.05) is 17.5 Å². The van der Waals surface area contributed by atoms with Gasteiger partial charge in [-0.25, -0.2) is 0 Å². The van der Waals surface area contributed by atoms with Gasteiger partial charge in [0.1, 0.15) is 0 Å². The third-order valence-corrected chi connectivity index (χ3v) is 4.88. The van der Waals surface area contributed by atoms with Gasteiger partial charge in [0, 0.05) is 4.88 Å². The van der Waals surface area contributed by atoms with Crippen LogP contribution in [0, 0.1) is 5.92 Å². The summed E-state index contributed by atoms with van der Waals surface area (Å²) in [7, 11) is 0. The van der Waals surface area contributed by atoms with Gasteiger partial charge in [0.25, 0.3) is 0 Å². The molecule has 1 heterocycles. The quantitative estimate of drug-likeness (QED) is 0.804. The molecule has 1 aromatic heterocycles. The summed E-state index contributed by atoms with van der Waals surface area (Å²) >= 11 is 13.5. The van der Waals surface area contributed by atoms with Crippen molar-refractivity contribution in [3.05, 3.63) is 56.2 Å². The fraction of sp³-hybridized carbons (Fsp3) is 0.312. The first kappa shape index (κ1) is 16.3. The number of hydrogen-bond acceptors (Lipinski definition) is 2. The molecule has 112 valence electrons. The number of rotatable bonds is 5. The fourth-order valence-electron chi connectivity index (χ4n) is 2.09. The van der Waals surface area contributed by atoms with Crippen molar-refractivity contribution in [3.8, 4) is 0 Å². The second-order valence-corrected chi connectivity index (χ2v) is 7.02. The maximum atomic E-state index is 12.2. The normalized spacial score (nSPS) is 12.4. The van der Waals surface area contributed by atoms with Gasteiger partial charge in [-0.05, 0) is 35.1 Å². The van der Waals surface area contributed by atoms with Gasteiger partial charge in [0.15, 0.2) is 0 Å². The van der Waals surface area contributed by atoms with Gasteiger partial charge in [-0.3, -0.25) is 4.79 Å². The Morgan fingerprint density at radius 3 is 2.57 bits per heavy atom. The molecule has 5 heteroatoms. The maximum Gasteiger partial charge on any atom is 0.224 e. The molecule has 2 nitrogen and oxygen atoms in total. The van der Waals surface area contributed by atoms with Crippen molar-refractivity contribution in [2.75, 3.05) is 0 Å². The van der Waals surface area contributed by atoms with Gasteiger partial charge in [-0.1, -0.05) is 49.2 Å². The average Bonchev–Trinajstić information content (AvgIpc) is 2.93. The standard InChI is InChI=1S/C16H17Cl2NOS/c1-10(2)16(14-4-3-7-21-14)19-15(20)9-11-5-6-12(17)13(18)8-11/h3-8,10,16H,9H2,1-2H3,(H,19,20)/t16-/m1/s1. The van der Waals surface area contributed by atoms with E-state index in [0.717, 1.165) is 5.56 Å². The minimum Gasteiger partial charge on any atom is -0.348 e. The first-order chi connectivity index (χ1) is 9.97. The molecule has 0 aliphatic heterocycles. The lowest BCUT2D eigenvalue weighted by atomic mass is 10.0. The summed E-state index contributed by atoms with van der Waals surface area (Å²) in [6, 6.07) is 9.36. The monoisotopic (exact) mass is 341 g/mol. The smallest absolute Gasteiger partial charge is 0.224 e. The zero-order chi connectivity index (χ0) is 15.4. The Kier molecular flexibility index (Phi) is 5.68. The molecule has 0 spiro atoms. The summed E-state index contributed by atoms with van der Waals surface area (Å²) in [4.78, 5) is 13.4. The predicted molar refractivity (Wildman–Crippen MR) is 90.2 cm³/mol. The van der Waals surface area contributed by atoms with Crippen LogP contribution in [-0.2, 0) is 11.2 Å². The predicted octanol–water partition coefficient (Wildman–Crippen LogP) is 5.11. The van der Waals surface area contributed by atoms with Gasteiger partial charge in [-0.15, -0.1) is 11.3 Å². The third kappa shape index (κ3) is 4.47. The van der Waals surface area contributed by atoms with Gasteiger partial charge in [0.05, 0.1) is 22.5 Å². The molecule has 1 aromatic carbocycles. The first-order valence-electron chi connectivity index (χ1n) is 6.74. The second-order valence-electron chi connectivity index (χ2n) is 5.23. The lowest BCUT2D eigenvalue weighted by Gasteiger charge is -2.21. The molecule has 2 aromatic rings. The zero-order valence-corrected chi connectivity index (χ0v) is 14.2. The number of hydrogen-bond donors (Lipinski definition) is 1. The van der Waals surface area contributed by atoms with Crippen LogP contribution in [0.5, 0.6) is 0 Å². The van der Waals surface area contributed by atoms with E-state index in [-0.39, 0.29) is 11.9 Å². The highest BCUT2D eigenvalue weighted by Crippen LogP contribution is 2.26. The summed E-state index contributed by atoms with van der Waals surface area (Å²) in [5, 5.41) is 6.09. The van der Waals surface area contributed by atoms with Crippen LogP contribution >= 0.6 is 34.5 Å². The molecule has 0 fully saturated rings. The average molecular weight is 342 g/mol. The van der Waals surface area contributed by atoms with Crippen molar-refractivity contribution >= 4 is 40.4 Å². The molecular weight excluding hydrogens is 325 g/mol. The second kappa shape index (κ2) is 7.30. The third-order valence-electron chi connectivity index (χ3n) is 3.18. The summed E-state index contributed by atoms with van der Waals surface area (Å²) in [5.74, 6) is 0.321. The number of amides is 1. The minimum atomic E-state index is -0.0134. The molecule has 1 N–H and O–H groups in total. The molecule has 1 amide bonds. The topological polar surface area (TPSA) is 29.1 Å². The van der Waals surface area contributed by atoms with E-state index in [4.69, 9.17) is 23.2 Å². The van der Waals surface area contributed by atoms with Crippen molar-refractivity contribution in [2.45, 2.75) is 26.3 Å². The van der Waals surface area contributed by atoms with E-state index in [9.17, 15) is 4.79 Å². The van der Waals surface area contributed by atoms with Crippen molar-refractivity contribution in [1.82, 2.24) is 5.32 Å². The Morgan fingerprint density at radius 1 is 1.24 bits per heavy atom. The number of halogens is 2. The van der Waals surface area contributed by atoms with Gasteiger partial charge in [0.2, 0.25) is 5.91 Å². The molecule has 0 radical (unpaired) electrons. The molecule has 0 saturated carbocycles. The number of carbonyl (C=O) groups is 1. The van der Waals surface area contributed by atoms with Crippen LogP contribution in [0.15, 0.2) is 35.7 Å².